The van der Waals surface area contributed by atoms with Crippen molar-refractivity contribution >= 4 is 17.2 Å². The van der Waals surface area contributed by atoms with Crippen LogP contribution in [0.4, 0.5) is 0 Å². The van der Waals surface area contributed by atoms with Crippen LogP contribution in [0.3, 0.4) is 0 Å². The Morgan fingerprint density at radius 1 is 1.35 bits per heavy atom. The molecule has 3 heterocycles. The maximum Gasteiger partial charge on any atom is 0.226 e. The molecule has 0 radical (unpaired) electrons. The normalized spacial score (nSPS) is 21.5. The van der Waals surface area contributed by atoms with E-state index in [2.05, 4.69) is 43.1 Å². The van der Waals surface area contributed by atoms with Gasteiger partial charge in [0.1, 0.15) is 6.10 Å². The zero-order valence-corrected chi connectivity index (χ0v) is 16.9. The molecule has 1 fully saturated rings. The van der Waals surface area contributed by atoms with Crippen molar-refractivity contribution in [2.75, 3.05) is 6.61 Å². The number of hydrogen-bond donors (Lipinski definition) is 1. The van der Waals surface area contributed by atoms with Crippen LogP contribution in [0.2, 0.25) is 0 Å². The molecule has 142 valence electrons. The molecular formula is C19H28N4O2S. The van der Waals surface area contributed by atoms with Crippen LogP contribution in [0.5, 0.6) is 0 Å². The average molecular weight is 377 g/mol. The third-order valence-corrected chi connectivity index (χ3v) is 5.91. The second kappa shape index (κ2) is 7.88. The van der Waals surface area contributed by atoms with Gasteiger partial charge < -0.3 is 10.1 Å². The van der Waals surface area contributed by atoms with E-state index in [-0.39, 0.29) is 30.0 Å². The number of nitrogens with one attached hydrogen (secondary N) is 1. The minimum atomic E-state index is -0.242. The highest BCUT2D eigenvalue weighted by Gasteiger charge is 2.38. The Balaban J connectivity index is 1.71. The lowest BCUT2D eigenvalue weighted by Gasteiger charge is -2.22. The first kappa shape index (κ1) is 19.0. The lowest BCUT2D eigenvalue weighted by Crippen LogP contribution is -2.35. The minimum absolute atomic E-state index is 0.0237. The van der Waals surface area contributed by atoms with Crippen molar-refractivity contribution in [2.24, 2.45) is 5.92 Å². The summed E-state index contributed by atoms with van der Waals surface area (Å²) in [5, 5.41) is 10.6. The highest BCUT2D eigenvalue weighted by Crippen LogP contribution is 2.36. The number of amides is 1. The van der Waals surface area contributed by atoms with E-state index in [0.717, 1.165) is 22.8 Å². The summed E-state index contributed by atoms with van der Waals surface area (Å²) in [6, 6.07) is 2.08. The number of aromatic nitrogens is 3. The molecule has 0 spiro atoms. The highest BCUT2D eigenvalue weighted by molar-refractivity contribution is 7.09. The van der Waals surface area contributed by atoms with Crippen molar-refractivity contribution in [1.29, 1.82) is 0 Å². The first-order chi connectivity index (χ1) is 12.4. The first-order valence-corrected chi connectivity index (χ1v) is 10.2. The number of nitrogens with zero attached hydrogens (tertiary/aromatic N) is 3. The summed E-state index contributed by atoms with van der Waals surface area (Å²) in [6.45, 7) is 11.0. The Morgan fingerprint density at radius 3 is 2.77 bits per heavy atom. The molecule has 0 unspecified atom stereocenters. The summed E-state index contributed by atoms with van der Waals surface area (Å²) >= 11 is 1.65. The molecule has 1 aliphatic heterocycles. The molecule has 6 nitrogen and oxygen atoms in total. The van der Waals surface area contributed by atoms with E-state index in [0.29, 0.717) is 12.5 Å². The lowest BCUT2D eigenvalue weighted by atomic mass is 9.97. The van der Waals surface area contributed by atoms with Crippen LogP contribution in [0, 0.1) is 5.92 Å². The molecule has 0 bridgehead atoms. The molecule has 1 amide bonds. The van der Waals surface area contributed by atoms with Crippen LogP contribution < -0.4 is 5.32 Å². The minimum Gasteiger partial charge on any atom is -0.371 e. The largest absolute Gasteiger partial charge is 0.371 e. The Kier molecular flexibility index (Phi) is 5.77. The van der Waals surface area contributed by atoms with Crippen molar-refractivity contribution in [3.63, 3.8) is 0 Å². The van der Waals surface area contributed by atoms with E-state index >= 15 is 0 Å². The fourth-order valence-electron chi connectivity index (χ4n) is 3.29. The van der Waals surface area contributed by atoms with Gasteiger partial charge in [-0.05, 0) is 33.3 Å². The van der Waals surface area contributed by atoms with Gasteiger partial charge in [-0.1, -0.05) is 13.8 Å². The van der Waals surface area contributed by atoms with E-state index in [1.54, 1.807) is 17.5 Å². The third-order valence-electron chi connectivity index (χ3n) is 4.75. The monoisotopic (exact) mass is 376 g/mol. The summed E-state index contributed by atoms with van der Waals surface area (Å²) in [7, 11) is 0. The third kappa shape index (κ3) is 3.83. The fourth-order valence-corrected chi connectivity index (χ4v) is 4.22. The number of carbonyl (C=O) groups is 1. The zero-order chi connectivity index (χ0) is 18.8. The predicted octanol–water partition coefficient (Wildman–Crippen LogP) is 4.00. The Hall–Kier alpha value is -1.73. The Bertz CT molecular complexity index is 752. The molecule has 0 aromatic carbocycles. The SMILES string of the molecule is CC(C)c1nc([C@H](C)NC(=O)[C@H]2CCO[C@@H]2c2ccnn2C(C)C)cs1. The smallest absolute Gasteiger partial charge is 0.226 e. The number of thiazole rings is 1. The van der Waals surface area contributed by atoms with Crippen molar-refractivity contribution < 1.29 is 9.53 Å². The van der Waals surface area contributed by atoms with Gasteiger partial charge in [0.25, 0.3) is 0 Å². The van der Waals surface area contributed by atoms with Crippen molar-refractivity contribution in [3.8, 4) is 0 Å². The Labute approximate surface area is 159 Å². The summed E-state index contributed by atoms with van der Waals surface area (Å²) in [4.78, 5) is 17.6. The standard InChI is InChI=1S/C19H28N4O2S/c1-11(2)19-22-15(10-26-19)13(5)21-18(24)14-7-9-25-17(14)16-6-8-20-23(16)12(3)4/h6,8,10-14,17H,7,9H2,1-5H3,(H,21,24)/t13-,14-,17-/m0/s1. The molecule has 3 atom stereocenters. The van der Waals surface area contributed by atoms with Gasteiger partial charge in [0, 0.05) is 30.1 Å². The second-order valence-corrected chi connectivity index (χ2v) is 8.37. The van der Waals surface area contributed by atoms with Crippen LogP contribution in [0.25, 0.3) is 0 Å². The van der Waals surface area contributed by atoms with E-state index in [1.807, 2.05) is 23.1 Å². The van der Waals surface area contributed by atoms with Crippen molar-refractivity contribution in [1.82, 2.24) is 20.1 Å². The number of rotatable bonds is 6. The first-order valence-electron chi connectivity index (χ1n) is 9.29. The van der Waals surface area contributed by atoms with Gasteiger partial charge in [-0.2, -0.15) is 5.10 Å². The molecule has 7 heteroatoms. The molecule has 1 aliphatic rings. The number of hydrogen-bond acceptors (Lipinski definition) is 5. The topological polar surface area (TPSA) is 69.0 Å². The van der Waals surface area contributed by atoms with E-state index in [9.17, 15) is 4.79 Å². The van der Waals surface area contributed by atoms with E-state index in [1.165, 1.54) is 0 Å². The molecule has 2 aromatic heterocycles. The summed E-state index contributed by atoms with van der Waals surface area (Å²) in [5.74, 6) is 0.228. The van der Waals surface area contributed by atoms with Crippen LogP contribution in [0.1, 0.15) is 81.5 Å². The maximum absolute atomic E-state index is 12.9. The average Bonchev–Trinajstić information content (AvgIpc) is 3.32. The quantitative estimate of drug-likeness (QED) is 0.827. The molecule has 0 aliphatic carbocycles. The summed E-state index contributed by atoms with van der Waals surface area (Å²) in [5.41, 5.74) is 1.90. The van der Waals surface area contributed by atoms with Gasteiger partial charge in [0.15, 0.2) is 0 Å². The number of ether oxygens (including phenoxy) is 1. The van der Waals surface area contributed by atoms with E-state index < -0.39 is 0 Å². The van der Waals surface area contributed by atoms with Gasteiger partial charge in [0.2, 0.25) is 5.91 Å². The molecule has 0 saturated carbocycles. The van der Waals surface area contributed by atoms with Crippen LogP contribution in [-0.4, -0.2) is 27.3 Å². The van der Waals surface area contributed by atoms with Crippen LogP contribution >= 0.6 is 11.3 Å². The second-order valence-electron chi connectivity index (χ2n) is 7.48. The van der Waals surface area contributed by atoms with Crippen LogP contribution in [0.15, 0.2) is 17.6 Å². The van der Waals surface area contributed by atoms with E-state index in [4.69, 9.17) is 4.74 Å². The van der Waals surface area contributed by atoms with Crippen molar-refractivity contribution in [3.05, 3.63) is 34.0 Å². The zero-order valence-electron chi connectivity index (χ0n) is 16.1. The molecular weight excluding hydrogens is 348 g/mol. The molecule has 26 heavy (non-hydrogen) atoms. The molecule has 3 rings (SSSR count). The summed E-state index contributed by atoms with van der Waals surface area (Å²) < 4.78 is 7.85. The molecule has 2 aromatic rings. The summed E-state index contributed by atoms with van der Waals surface area (Å²) in [6.07, 6.45) is 2.26. The number of carbonyl (C=O) groups excluding carboxylic acids is 1. The van der Waals surface area contributed by atoms with Gasteiger partial charge >= 0.3 is 0 Å². The Morgan fingerprint density at radius 2 is 2.12 bits per heavy atom. The highest BCUT2D eigenvalue weighted by atomic mass is 32.1. The van der Waals surface area contributed by atoms with Gasteiger partial charge in [-0.3, -0.25) is 9.48 Å². The maximum atomic E-state index is 12.9. The van der Waals surface area contributed by atoms with Gasteiger partial charge in [-0.25, -0.2) is 4.98 Å². The lowest BCUT2D eigenvalue weighted by molar-refractivity contribution is -0.127. The predicted molar refractivity (Wildman–Crippen MR) is 102 cm³/mol. The van der Waals surface area contributed by atoms with Crippen molar-refractivity contribution in [2.45, 2.75) is 65.1 Å². The van der Waals surface area contributed by atoms with Crippen LogP contribution in [-0.2, 0) is 9.53 Å². The molecule has 1 N–H and O–H groups in total. The van der Waals surface area contributed by atoms with Gasteiger partial charge in [0.05, 0.1) is 28.4 Å². The molecule has 1 saturated heterocycles. The van der Waals surface area contributed by atoms with Gasteiger partial charge in [-0.15, -0.1) is 11.3 Å². The fraction of sp³-hybridized carbons (Fsp3) is 0.632.